The first-order valence-electron chi connectivity index (χ1n) is 49.3. The Kier molecular flexibility index (Phi) is 150. The molecule has 0 aliphatic heterocycles. The molecule has 16 nitrogen and oxygen atoms in total. The molecule has 8 unspecified atom stereocenters. The lowest BCUT2D eigenvalue weighted by atomic mass is 10.0. The first-order valence-corrected chi connectivity index (χ1v) is 49.3. The zero-order chi connectivity index (χ0) is 87.2. The van der Waals surface area contributed by atoms with Gasteiger partial charge in [-0.15, -0.1) is 6.58 Å². The summed E-state index contributed by atoms with van der Waals surface area (Å²) in [6, 6.07) is 0. The molecular formula is C98H212O16. The molecule has 16 N–H and O–H groups in total. The van der Waals surface area contributed by atoms with Gasteiger partial charge in [-0.3, -0.25) is 0 Å². The van der Waals surface area contributed by atoms with Crippen molar-refractivity contribution in [2.45, 2.75) is 567 Å². The fourth-order valence-electron chi connectivity index (χ4n) is 12.5. The molecular weight excluding hydrogens is 1430 g/mol. The van der Waals surface area contributed by atoms with Gasteiger partial charge in [0, 0.05) is 0 Å². The number of hydrogen-bond acceptors (Lipinski definition) is 16. The van der Waals surface area contributed by atoms with Crippen molar-refractivity contribution in [1.29, 1.82) is 0 Å². The van der Waals surface area contributed by atoms with Crippen LogP contribution in [0.25, 0.3) is 0 Å². The van der Waals surface area contributed by atoms with Crippen molar-refractivity contribution in [2.75, 3.05) is 52.9 Å². The molecule has 0 aliphatic rings. The van der Waals surface area contributed by atoms with Crippen molar-refractivity contribution in [3.05, 3.63) is 12.7 Å². The summed E-state index contributed by atoms with van der Waals surface area (Å²) in [6.07, 6.45) is 84.9. The van der Waals surface area contributed by atoms with Crippen molar-refractivity contribution >= 4 is 0 Å². The largest absolute Gasteiger partial charge is 0.394 e. The summed E-state index contributed by atoms with van der Waals surface area (Å²) >= 11 is 0. The molecule has 0 bridgehead atoms. The summed E-state index contributed by atoms with van der Waals surface area (Å²) in [5.41, 5.74) is 0. The van der Waals surface area contributed by atoms with E-state index in [9.17, 15) is 0 Å². The number of aliphatic hydroxyl groups excluding tert-OH is 16. The molecule has 16 heteroatoms. The third kappa shape index (κ3) is 152. The molecule has 0 heterocycles. The first-order chi connectivity index (χ1) is 55.4. The van der Waals surface area contributed by atoms with Crippen LogP contribution in [-0.4, -0.2) is 183 Å². The molecule has 0 aromatic carbocycles. The Labute approximate surface area is 710 Å². The number of aliphatic hydroxyl groups is 16. The van der Waals surface area contributed by atoms with E-state index >= 15 is 0 Å². The number of hydrogen-bond donors (Lipinski definition) is 16. The van der Waals surface area contributed by atoms with Crippen LogP contribution in [0.4, 0.5) is 0 Å². The quantitative estimate of drug-likeness (QED) is 0.0199. The Morgan fingerprint density at radius 3 is 0.325 bits per heavy atom. The van der Waals surface area contributed by atoms with E-state index in [-0.39, 0.29) is 52.9 Å². The summed E-state index contributed by atoms with van der Waals surface area (Å²) in [5.74, 6) is 0. The molecule has 0 radical (unpaired) electrons. The minimum Gasteiger partial charge on any atom is -0.394 e. The average molecular weight is 1650 g/mol. The van der Waals surface area contributed by atoms with Crippen LogP contribution in [0.2, 0.25) is 0 Å². The van der Waals surface area contributed by atoms with Crippen LogP contribution in [0.3, 0.4) is 0 Å². The van der Waals surface area contributed by atoms with E-state index in [0.29, 0.717) is 0 Å². The van der Waals surface area contributed by atoms with E-state index < -0.39 is 48.8 Å². The lowest BCUT2D eigenvalue weighted by Gasteiger charge is -2.05. The fourth-order valence-corrected chi connectivity index (χ4v) is 12.5. The van der Waals surface area contributed by atoms with Crippen LogP contribution < -0.4 is 0 Å². The van der Waals surface area contributed by atoms with E-state index in [2.05, 4.69) is 68.9 Å². The van der Waals surface area contributed by atoms with Crippen LogP contribution in [-0.2, 0) is 0 Å². The zero-order valence-corrected chi connectivity index (χ0v) is 77.9. The molecule has 0 spiro atoms. The Morgan fingerprint density at radius 2 is 0.237 bits per heavy atom. The highest BCUT2D eigenvalue weighted by Gasteiger charge is 2.07. The Morgan fingerprint density at radius 1 is 0.149 bits per heavy atom. The van der Waals surface area contributed by atoms with Gasteiger partial charge in [0.2, 0.25) is 0 Å². The smallest absolute Gasteiger partial charge is 0.0770 e. The molecule has 0 aliphatic carbocycles. The highest BCUT2D eigenvalue weighted by Crippen LogP contribution is 2.17. The number of allylic oxidation sites excluding steroid dienone is 1. The second kappa shape index (κ2) is 130. The van der Waals surface area contributed by atoms with Gasteiger partial charge in [-0.1, -0.05) is 460 Å². The molecule has 114 heavy (non-hydrogen) atoms. The molecule has 0 fully saturated rings. The summed E-state index contributed by atoms with van der Waals surface area (Å²) in [4.78, 5) is 0. The third-order valence-corrected chi connectivity index (χ3v) is 20.6. The highest BCUT2D eigenvalue weighted by atomic mass is 16.3. The molecule has 0 aromatic heterocycles. The van der Waals surface area contributed by atoms with E-state index in [1.165, 1.54) is 353 Å². The lowest BCUT2D eigenvalue weighted by Crippen LogP contribution is -2.10. The predicted octanol–water partition coefficient (Wildman–Crippen LogP) is 23.8. The second-order valence-electron chi connectivity index (χ2n) is 32.8. The minimum absolute atomic E-state index is 0.0883. The van der Waals surface area contributed by atoms with Crippen molar-refractivity contribution in [1.82, 2.24) is 0 Å². The van der Waals surface area contributed by atoms with Crippen LogP contribution in [0, 0.1) is 0 Å². The maximum absolute atomic E-state index is 9.01. The standard InChI is InChI=1S/C18H36.8C10H22O2/c1-3-5-7-9-11-13-15-17-18-16-14-12-10-8-6-4-2;8*1-2-3-4-5-6-7-8-10(12)9-11/h3H,1,4-18H2,2H3;8*10-12H,2-9H2,1H3. The van der Waals surface area contributed by atoms with E-state index in [1.807, 2.05) is 6.08 Å². The van der Waals surface area contributed by atoms with Gasteiger partial charge in [-0.05, 0) is 64.2 Å². The van der Waals surface area contributed by atoms with Gasteiger partial charge in [-0.2, -0.15) is 0 Å². The van der Waals surface area contributed by atoms with Gasteiger partial charge < -0.3 is 81.7 Å². The number of unbranched alkanes of at least 4 members (excludes halogenated alkanes) is 54. The topological polar surface area (TPSA) is 324 Å². The van der Waals surface area contributed by atoms with Gasteiger partial charge in [0.25, 0.3) is 0 Å². The molecule has 0 aromatic rings. The van der Waals surface area contributed by atoms with E-state index in [4.69, 9.17) is 81.7 Å². The van der Waals surface area contributed by atoms with Crippen molar-refractivity contribution in [3.8, 4) is 0 Å². The Bertz CT molecular complexity index is 1230. The van der Waals surface area contributed by atoms with Gasteiger partial charge in [0.1, 0.15) is 0 Å². The maximum Gasteiger partial charge on any atom is 0.0770 e. The van der Waals surface area contributed by atoms with Gasteiger partial charge in [-0.25, -0.2) is 0 Å². The average Bonchev–Trinajstić information content (AvgIpc) is 2.54. The normalized spacial score (nSPS) is 12.9. The monoisotopic (exact) mass is 1650 g/mol. The van der Waals surface area contributed by atoms with Crippen LogP contribution in [0.5, 0.6) is 0 Å². The number of rotatable bonds is 79. The molecule has 0 saturated carbocycles. The summed E-state index contributed by atoms with van der Waals surface area (Å²) < 4.78 is 0. The van der Waals surface area contributed by atoms with E-state index in [1.54, 1.807) is 0 Å². The summed E-state index contributed by atoms with van der Waals surface area (Å²) in [7, 11) is 0. The lowest BCUT2D eigenvalue weighted by molar-refractivity contribution is 0.0859. The third-order valence-electron chi connectivity index (χ3n) is 20.6. The first kappa shape index (κ1) is 131. The fraction of sp³-hybridized carbons (Fsp3) is 0.980. The van der Waals surface area contributed by atoms with Crippen LogP contribution >= 0.6 is 0 Å². The minimum atomic E-state index is -0.490. The van der Waals surface area contributed by atoms with Crippen molar-refractivity contribution < 1.29 is 81.7 Å². The predicted molar refractivity (Wildman–Crippen MR) is 494 cm³/mol. The van der Waals surface area contributed by atoms with Crippen molar-refractivity contribution in [3.63, 3.8) is 0 Å². The van der Waals surface area contributed by atoms with Gasteiger partial charge in [0.15, 0.2) is 0 Å². The molecule has 700 valence electrons. The van der Waals surface area contributed by atoms with Crippen molar-refractivity contribution in [2.24, 2.45) is 0 Å². The SMILES string of the molecule is C=CCCCCCCCCCCCCCCCC.CCCCCCCCC(O)CO.CCCCCCCCC(O)CO.CCCCCCCCC(O)CO.CCCCCCCCC(O)CO.CCCCCCCCC(O)CO.CCCCCCCCC(O)CO.CCCCCCCCC(O)CO.CCCCCCCCC(O)CO. The zero-order valence-electron chi connectivity index (χ0n) is 77.9. The van der Waals surface area contributed by atoms with Gasteiger partial charge in [0.05, 0.1) is 102 Å². The van der Waals surface area contributed by atoms with Crippen LogP contribution in [0.15, 0.2) is 12.7 Å². The van der Waals surface area contributed by atoms with Crippen LogP contribution in [0.1, 0.15) is 518 Å². The Balaban J connectivity index is -0.000000156. The van der Waals surface area contributed by atoms with Gasteiger partial charge >= 0.3 is 0 Å². The molecule has 8 atom stereocenters. The molecule has 0 saturated heterocycles. The second-order valence-corrected chi connectivity index (χ2v) is 32.8. The maximum atomic E-state index is 9.01. The summed E-state index contributed by atoms with van der Waals surface area (Å²) in [5, 5.41) is 140. The Hall–Kier alpha value is -0.900. The molecule has 0 rings (SSSR count). The molecule has 0 amide bonds. The highest BCUT2D eigenvalue weighted by molar-refractivity contribution is 4.66. The van der Waals surface area contributed by atoms with E-state index in [0.717, 1.165) is 103 Å². The summed E-state index contributed by atoms with van der Waals surface area (Å²) in [6.45, 7) is 23.0.